The molecular weight excluding hydrogens is 432 g/mol. The molecule has 1 amide bonds. The van der Waals surface area contributed by atoms with Gasteiger partial charge >= 0.3 is 0 Å². The molecule has 0 saturated carbocycles. The van der Waals surface area contributed by atoms with E-state index in [0.717, 1.165) is 54.3 Å². The maximum absolute atomic E-state index is 12.5. The fourth-order valence-corrected chi connectivity index (χ4v) is 4.28. The zero-order valence-electron chi connectivity index (χ0n) is 16.0. The van der Waals surface area contributed by atoms with E-state index in [1.807, 2.05) is 0 Å². The Balaban J connectivity index is 1.66. The van der Waals surface area contributed by atoms with Crippen molar-refractivity contribution in [3.8, 4) is 0 Å². The second-order valence-corrected chi connectivity index (χ2v) is 9.88. The Hall–Kier alpha value is -1.00. The number of hydrogen-bond acceptors (Lipinski definition) is 5. The summed E-state index contributed by atoms with van der Waals surface area (Å²) in [5, 5.41) is 2.81. The summed E-state index contributed by atoms with van der Waals surface area (Å²) < 4.78 is 26.8. The molecule has 0 bridgehead atoms. The van der Waals surface area contributed by atoms with Crippen LogP contribution in [0.25, 0.3) is 0 Å². The lowest BCUT2D eigenvalue weighted by Crippen LogP contribution is -2.44. The standard InChI is InChI=1S/C18H29BrN4O3S/c1-21-11-13-23(14-12-21)10-4-3-9-20-18(24)15-22(2)27(25,26)17-7-5-16(19)6-8-17/h5-8H,3-4,9-15H2,1-2H3,(H,20,24). The topological polar surface area (TPSA) is 73.0 Å². The number of piperazine rings is 1. The van der Waals surface area contributed by atoms with Crippen molar-refractivity contribution in [1.82, 2.24) is 19.4 Å². The van der Waals surface area contributed by atoms with Crippen LogP contribution in [-0.2, 0) is 14.8 Å². The average molecular weight is 461 g/mol. The molecule has 0 radical (unpaired) electrons. The summed E-state index contributed by atoms with van der Waals surface area (Å²) in [6.07, 6.45) is 1.91. The Morgan fingerprint density at radius 2 is 1.78 bits per heavy atom. The summed E-state index contributed by atoms with van der Waals surface area (Å²) in [5.41, 5.74) is 0. The highest BCUT2D eigenvalue weighted by Gasteiger charge is 2.22. The molecule has 0 spiro atoms. The predicted octanol–water partition coefficient (Wildman–Crippen LogP) is 1.21. The third kappa shape index (κ3) is 7.15. The molecule has 2 rings (SSSR count). The van der Waals surface area contributed by atoms with Crippen LogP contribution in [0.1, 0.15) is 12.8 Å². The first-order chi connectivity index (χ1) is 12.8. The van der Waals surface area contributed by atoms with E-state index in [2.05, 4.69) is 38.1 Å². The molecule has 152 valence electrons. The Morgan fingerprint density at radius 1 is 1.15 bits per heavy atom. The number of likely N-dealkylation sites (N-methyl/N-ethyl adjacent to an activating group) is 2. The second-order valence-electron chi connectivity index (χ2n) is 6.92. The van der Waals surface area contributed by atoms with Crippen LogP contribution in [0.15, 0.2) is 33.6 Å². The number of halogens is 1. The number of amides is 1. The van der Waals surface area contributed by atoms with Gasteiger partial charge in [-0.05, 0) is 50.7 Å². The van der Waals surface area contributed by atoms with Crippen LogP contribution in [0, 0.1) is 0 Å². The van der Waals surface area contributed by atoms with Gasteiger partial charge < -0.3 is 15.1 Å². The molecule has 0 atom stereocenters. The van der Waals surface area contributed by atoms with Crippen molar-refractivity contribution in [1.29, 1.82) is 0 Å². The van der Waals surface area contributed by atoms with Gasteiger partial charge in [-0.15, -0.1) is 0 Å². The molecule has 1 aliphatic heterocycles. The maximum Gasteiger partial charge on any atom is 0.243 e. The third-order valence-electron chi connectivity index (χ3n) is 4.71. The molecule has 7 nitrogen and oxygen atoms in total. The van der Waals surface area contributed by atoms with Crippen LogP contribution in [0.3, 0.4) is 0 Å². The zero-order chi connectivity index (χ0) is 19.9. The van der Waals surface area contributed by atoms with Crippen LogP contribution < -0.4 is 5.32 Å². The number of carbonyl (C=O) groups is 1. The van der Waals surface area contributed by atoms with Gasteiger partial charge in [0.05, 0.1) is 11.4 Å². The number of benzene rings is 1. The van der Waals surface area contributed by atoms with E-state index in [-0.39, 0.29) is 17.3 Å². The Kier molecular flexibility index (Phi) is 8.68. The van der Waals surface area contributed by atoms with Crippen molar-refractivity contribution in [2.24, 2.45) is 0 Å². The van der Waals surface area contributed by atoms with Crippen molar-refractivity contribution in [3.63, 3.8) is 0 Å². The minimum atomic E-state index is -3.66. The van der Waals surface area contributed by atoms with E-state index in [9.17, 15) is 13.2 Å². The van der Waals surface area contributed by atoms with Crippen LogP contribution in [-0.4, -0.2) is 88.3 Å². The quantitative estimate of drug-likeness (QED) is 0.560. The van der Waals surface area contributed by atoms with E-state index in [4.69, 9.17) is 0 Å². The predicted molar refractivity (Wildman–Crippen MR) is 110 cm³/mol. The van der Waals surface area contributed by atoms with Gasteiger partial charge in [-0.1, -0.05) is 15.9 Å². The van der Waals surface area contributed by atoms with Crippen molar-refractivity contribution in [2.75, 3.05) is 59.9 Å². The molecule has 0 aromatic heterocycles. The molecule has 0 unspecified atom stereocenters. The highest BCUT2D eigenvalue weighted by molar-refractivity contribution is 9.10. The van der Waals surface area contributed by atoms with Crippen molar-refractivity contribution < 1.29 is 13.2 Å². The number of nitrogens with one attached hydrogen (secondary N) is 1. The van der Waals surface area contributed by atoms with E-state index < -0.39 is 10.0 Å². The minimum Gasteiger partial charge on any atom is -0.355 e. The van der Waals surface area contributed by atoms with Gasteiger partial charge in [0, 0.05) is 44.2 Å². The highest BCUT2D eigenvalue weighted by atomic mass is 79.9. The molecule has 1 aliphatic rings. The summed E-state index contributed by atoms with van der Waals surface area (Å²) in [5.74, 6) is -0.280. The third-order valence-corrected chi connectivity index (χ3v) is 7.05. The minimum absolute atomic E-state index is 0.174. The molecule has 1 aromatic rings. The maximum atomic E-state index is 12.5. The number of sulfonamides is 1. The lowest BCUT2D eigenvalue weighted by Gasteiger charge is -2.32. The van der Waals surface area contributed by atoms with Crippen LogP contribution >= 0.6 is 15.9 Å². The molecule has 9 heteroatoms. The Morgan fingerprint density at radius 3 is 2.41 bits per heavy atom. The summed E-state index contributed by atoms with van der Waals surface area (Å²) >= 11 is 3.28. The first kappa shape index (κ1) is 22.3. The van der Waals surface area contributed by atoms with Gasteiger partial charge in [-0.2, -0.15) is 4.31 Å². The SMILES string of the molecule is CN1CCN(CCCCNC(=O)CN(C)S(=O)(=O)c2ccc(Br)cc2)CC1. The van der Waals surface area contributed by atoms with Crippen LogP contribution in [0.4, 0.5) is 0 Å². The van der Waals surface area contributed by atoms with Crippen LogP contribution in [0.5, 0.6) is 0 Å². The van der Waals surface area contributed by atoms with E-state index >= 15 is 0 Å². The molecule has 1 aromatic carbocycles. The zero-order valence-corrected chi connectivity index (χ0v) is 18.4. The summed E-state index contributed by atoms with van der Waals surface area (Å²) in [6.45, 7) is 5.84. The van der Waals surface area contributed by atoms with Gasteiger partial charge in [-0.3, -0.25) is 4.79 Å². The van der Waals surface area contributed by atoms with Gasteiger partial charge in [-0.25, -0.2) is 8.42 Å². The fourth-order valence-electron chi connectivity index (χ4n) is 2.89. The lowest BCUT2D eigenvalue weighted by atomic mass is 10.2. The first-order valence-corrected chi connectivity index (χ1v) is 11.4. The smallest absolute Gasteiger partial charge is 0.243 e. The van der Waals surface area contributed by atoms with Gasteiger partial charge in [0.15, 0.2) is 0 Å². The lowest BCUT2D eigenvalue weighted by molar-refractivity contribution is -0.121. The Bertz CT molecular complexity index is 704. The van der Waals surface area contributed by atoms with Crippen molar-refractivity contribution in [3.05, 3.63) is 28.7 Å². The summed E-state index contributed by atoms with van der Waals surface area (Å²) in [6, 6.07) is 6.38. The largest absolute Gasteiger partial charge is 0.355 e. The van der Waals surface area contributed by atoms with Gasteiger partial charge in [0.25, 0.3) is 0 Å². The molecule has 1 N–H and O–H groups in total. The monoisotopic (exact) mass is 460 g/mol. The Labute approximate surface area is 170 Å². The fraction of sp³-hybridized carbons (Fsp3) is 0.611. The van der Waals surface area contributed by atoms with E-state index in [1.165, 1.54) is 19.2 Å². The molecule has 0 aliphatic carbocycles. The molecule has 27 heavy (non-hydrogen) atoms. The van der Waals surface area contributed by atoms with Crippen molar-refractivity contribution >= 4 is 31.9 Å². The normalized spacial score (nSPS) is 16.6. The van der Waals surface area contributed by atoms with E-state index in [1.54, 1.807) is 12.1 Å². The van der Waals surface area contributed by atoms with Crippen LogP contribution in [0.2, 0.25) is 0 Å². The summed E-state index contributed by atoms with van der Waals surface area (Å²) in [7, 11) is -0.103. The number of nitrogens with zero attached hydrogens (tertiary/aromatic N) is 3. The average Bonchev–Trinajstić information content (AvgIpc) is 2.63. The number of carbonyl (C=O) groups excluding carboxylic acids is 1. The highest BCUT2D eigenvalue weighted by Crippen LogP contribution is 2.17. The van der Waals surface area contributed by atoms with Gasteiger partial charge in [0.1, 0.15) is 0 Å². The molecular formula is C18H29BrN4O3S. The number of hydrogen-bond donors (Lipinski definition) is 1. The van der Waals surface area contributed by atoms with Gasteiger partial charge in [0.2, 0.25) is 15.9 Å². The number of unbranched alkanes of at least 4 members (excludes halogenated alkanes) is 1. The molecule has 1 heterocycles. The van der Waals surface area contributed by atoms with Crippen molar-refractivity contribution in [2.45, 2.75) is 17.7 Å². The summed E-state index contributed by atoms with van der Waals surface area (Å²) in [4.78, 5) is 17.0. The first-order valence-electron chi connectivity index (χ1n) is 9.18. The van der Waals surface area contributed by atoms with E-state index in [0.29, 0.717) is 6.54 Å². The number of rotatable bonds is 9. The molecule has 1 saturated heterocycles. The second kappa shape index (κ2) is 10.5. The molecule has 1 fully saturated rings.